The minimum atomic E-state index is -0.788. The predicted molar refractivity (Wildman–Crippen MR) is 72.5 cm³/mol. The van der Waals surface area contributed by atoms with Crippen LogP contribution in [0.1, 0.15) is 18.4 Å². The van der Waals surface area contributed by atoms with Crippen molar-refractivity contribution in [2.24, 2.45) is 5.73 Å². The summed E-state index contributed by atoms with van der Waals surface area (Å²) in [6, 6.07) is 14.3. The van der Waals surface area contributed by atoms with E-state index in [9.17, 15) is 4.79 Å². The molecule has 94 valence electrons. The number of rotatable bonds is 5. The Kier molecular flexibility index (Phi) is 3.95. The maximum Gasteiger partial charge on any atom is 0.303 e. The molecule has 0 amide bonds. The van der Waals surface area contributed by atoms with Gasteiger partial charge in [-0.15, -0.1) is 0 Å². The van der Waals surface area contributed by atoms with Crippen LogP contribution in [-0.4, -0.2) is 17.1 Å². The summed E-state index contributed by atoms with van der Waals surface area (Å²) in [5.41, 5.74) is 7.09. The van der Waals surface area contributed by atoms with Gasteiger partial charge >= 0.3 is 5.97 Å². The topological polar surface area (TPSA) is 63.3 Å². The lowest BCUT2D eigenvalue weighted by atomic mass is 10.00. The first-order valence-corrected chi connectivity index (χ1v) is 6.10. The molecule has 0 heterocycles. The number of carbonyl (C=O) groups is 1. The van der Waals surface area contributed by atoms with E-state index >= 15 is 0 Å². The minimum absolute atomic E-state index is 0.0951. The van der Waals surface area contributed by atoms with Crippen LogP contribution >= 0.6 is 0 Å². The van der Waals surface area contributed by atoms with E-state index in [2.05, 4.69) is 30.3 Å². The van der Waals surface area contributed by atoms with Crippen LogP contribution in [0.2, 0.25) is 0 Å². The zero-order valence-electron chi connectivity index (χ0n) is 10.2. The van der Waals surface area contributed by atoms with Gasteiger partial charge in [-0.1, -0.05) is 42.5 Å². The van der Waals surface area contributed by atoms with E-state index in [-0.39, 0.29) is 12.5 Å². The van der Waals surface area contributed by atoms with Crippen molar-refractivity contribution in [2.75, 3.05) is 0 Å². The predicted octanol–water partition coefficient (Wildman–Crippen LogP) is 2.57. The molecule has 0 unspecified atom stereocenters. The molecule has 0 saturated heterocycles. The van der Waals surface area contributed by atoms with Gasteiger partial charge in [0.25, 0.3) is 0 Å². The van der Waals surface area contributed by atoms with Gasteiger partial charge in [0.15, 0.2) is 0 Å². The molecule has 0 aliphatic rings. The Balaban J connectivity index is 2.05. The second kappa shape index (κ2) is 5.65. The molecule has 1 atom stereocenters. The standard InChI is InChI=1S/C15H17NO2/c16-14(7-8-15(17)18)10-11-5-6-12-3-1-2-4-13(12)9-11/h1-6,9,14H,7-8,10,16H2,(H,17,18)/t14-/m0/s1. The van der Waals surface area contributed by atoms with Crippen molar-refractivity contribution in [3.05, 3.63) is 48.0 Å². The highest BCUT2D eigenvalue weighted by atomic mass is 16.4. The smallest absolute Gasteiger partial charge is 0.303 e. The summed E-state index contributed by atoms with van der Waals surface area (Å²) in [6.07, 6.45) is 1.37. The van der Waals surface area contributed by atoms with E-state index in [4.69, 9.17) is 10.8 Å². The summed E-state index contributed by atoms with van der Waals surface area (Å²) >= 11 is 0. The third-order valence-electron chi connectivity index (χ3n) is 3.04. The molecule has 2 aromatic rings. The monoisotopic (exact) mass is 243 g/mol. The first-order chi connectivity index (χ1) is 8.65. The number of carboxylic acids is 1. The van der Waals surface area contributed by atoms with Crippen molar-refractivity contribution in [3.63, 3.8) is 0 Å². The van der Waals surface area contributed by atoms with Crippen molar-refractivity contribution in [1.82, 2.24) is 0 Å². The van der Waals surface area contributed by atoms with Gasteiger partial charge in [0, 0.05) is 12.5 Å². The number of nitrogens with two attached hydrogens (primary N) is 1. The van der Waals surface area contributed by atoms with Gasteiger partial charge in [-0.25, -0.2) is 0 Å². The van der Waals surface area contributed by atoms with Gasteiger partial charge in [0.05, 0.1) is 0 Å². The van der Waals surface area contributed by atoms with Crippen molar-refractivity contribution in [1.29, 1.82) is 0 Å². The van der Waals surface area contributed by atoms with Gasteiger partial charge < -0.3 is 10.8 Å². The highest BCUT2D eigenvalue weighted by molar-refractivity contribution is 5.83. The number of carboxylic acid groups (broad SMARTS) is 1. The number of fused-ring (bicyclic) bond motifs is 1. The molecule has 0 saturated carbocycles. The average molecular weight is 243 g/mol. The molecule has 0 fully saturated rings. The van der Waals surface area contributed by atoms with Gasteiger partial charge in [-0.3, -0.25) is 4.79 Å². The SMILES string of the molecule is N[C@@H](CCC(=O)O)Cc1ccc2ccccc2c1. The fourth-order valence-electron chi connectivity index (χ4n) is 2.08. The maximum atomic E-state index is 10.5. The van der Waals surface area contributed by atoms with E-state index in [0.29, 0.717) is 6.42 Å². The Bertz CT molecular complexity index is 551. The van der Waals surface area contributed by atoms with E-state index in [1.165, 1.54) is 10.8 Å². The lowest BCUT2D eigenvalue weighted by Gasteiger charge is -2.10. The van der Waals surface area contributed by atoms with Crippen LogP contribution in [0.3, 0.4) is 0 Å². The van der Waals surface area contributed by atoms with Crippen LogP contribution in [0.4, 0.5) is 0 Å². The molecule has 2 rings (SSSR count). The molecule has 2 aromatic carbocycles. The van der Waals surface area contributed by atoms with E-state index in [1.807, 2.05) is 12.1 Å². The summed E-state index contributed by atoms with van der Waals surface area (Å²) < 4.78 is 0. The second-order valence-electron chi connectivity index (χ2n) is 4.58. The fourth-order valence-corrected chi connectivity index (χ4v) is 2.08. The summed E-state index contributed by atoms with van der Waals surface area (Å²) in [7, 11) is 0. The normalized spacial score (nSPS) is 12.5. The highest BCUT2D eigenvalue weighted by Gasteiger charge is 2.07. The molecule has 0 spiro atoms. The third-order valence-corrected chi connectivity index (χ3v) is 3.04. The Morgan fingerprint density at radius 2 is 1.89 bits per heavy atom. The molecule has 3 heteroatoms. The van der Waals surface area contributed by atoms with Gasteiger partial charge in [0.2, 0.25) is 0 Å². The summed E-state index contributed by atoms with van der Waals surface area (Å²) in [5.74, 6) is -0.788. The lowest BCUT2D eigenvalue weighted by molar-refractivity contribution is -0.137. The van der Waals surface area contributed by atoms with E-state index < -0.39 is 5.97 Å². The summed E-state index contributed by atoms with van der Waals surface area (Å²) in [5, 5.41) is 11.0. The molecule has 3 nitrogen and oxygen atoms in total. The van der Waals surface area contributed by atoms with Crippen molar-refractivity contribution in [3.8, 4) is 0 Å². The Morgan fingerprint density at radius 3 is 2.61 bits per heavy atom. The molecule has 0 bridgehead atoms. The van der Waals surface area contributed by atoms with Crippen LogP contribution in [0, 0.1) is 0 Å². The number of aliphatic carboxylic acids is 1. The Hall–Kier alpha value is -1.87. The third kappa shape index (κ3) is 3.31. The maximum absolute atomic E-state index is 10.5. The molecule has 0 radical (unpaired) electrons. The molecule has 0 aliphatic carbocycles. The van der Waals surface area contributed by atoms with Gasteiger partial charge in [-0.05, 0) is 29.2 Å². The molecule has 3 N–H and O–H groups in total. The molecule has 0 aromatic heterocycles. The lowest BCUT2D eigenvalue weighted by Crippen LogP contribution is -2.23. The summed E-state index contributed by atoms with van der Waals surface area (Å²) in [6.45, 7) is 0. The average Bonchev–Trinajstić information content (AvgIpc) is 2.36. The van der Waals surface area contributed by atoms with Crippen molar-refractivity contribution < 1.29 is 9.90 Å². The largest absolute Gasteiger partial charge is 0.481 e. The number of hydrogen-bond acceptors (Lipinski definition) is 2. The second-order valence-corrected chi connectivity index (χ2v) is 4.58. The summed E-state index contributed by atoms with van der Waals surface area (Å²) in [4.78, 5) is 10.5. The van der Waals surface area contributed by atoms with Crippen LogP contribution in [0.5, 0.6) is 0 Å². The van der Waals surface area contributed by atoms with Crippen molar-refractivity contribution in [2.45, 2.75) is 25.3 Å². The van der Waals surface area contributed by atoms with Crippen molar-refractivity contribution >= 4 is 16.7 Å². The van der Waals surface area contributed by atoms with Gasteiger partial charge in [-0.2, -0.15) is 0 Å². The quantitative estimate of drug-likeness (QED) is 0.848. The minimum Gasteiger partial charge on any atom is -0.481 e. The zero-order valence-corrected chi connectivity index (χ0v) is 10.2. The fraction of sp³-hybridized carbons (Fsp3) is 0.267. The molecule has 18 heavy (non-hydrogen) atoms. The molecular formula is C15H17NO2. The van der Waals surface area contributed by atoms with Crippen LogP contribution in [-0.2, 0) is 11.2 Å². The first-order valence-electron chi connectivity index (χ1n) is 6.10. The first kappa shape index (κ1) is 12.6. The van der Waals surface area contributed by atoms with Crippen LogP contribution in [0.15, 0.2) is 42.5 Å². The highest BCUT2D eigenvalue weighted by Crippen LogP contribution is 2.17. The molecular weight excluding hydrogens is 226 g/mol. The number of hydrogen-bond donors (Lipinski definition) is 2. The Labute approximate surface area is 106 Å². The van der Waals surface area contributed by atoms with E-state index in [0.717, 1.165) is 12.0 Å². The molecule has 0 aliphatic heterocycles. The van der Waals surface area contributed by atoms with E-state index in [1.54, 1.807) is 0 Å². The van der Waals surface area contributed by atoms with Gasteiger partial charge in [0.1, 0.15) is 0 Å². The van der Waals surface area contributed by atoms with Crippen LogP contribution < -0.4 is 5.73 Å². The van der Waals surface area contributed by atoms with Crippen LogP contribution in [0.25, 0.3) is 10.8 Å². The number of benzene rings is 2. The Morgan fingerprint density at radius 1 is 1.17 bits per heavy atom. The zero-order chi connectivity index (χ0) is 13.0.